The van der Waals surface area contributed by atoms with Crippen LogP contribution in [-0.4, -0.2) is 68.2 Å². The van der Waals surface area contributed by atoms with Crippen LogP contribution in [0.25, 0.3) is 4.96 Å². The van der Waals surface area contributed by atoms with Gasteiger partial charge in [-0.15, -0.1) is 0 Å². The fourth-order valence-corrected chi connectivity index (χ4v) is 3.98. The molecule has 1 atom stereocenters. The number of methoxy groups -OCH3 is 1. The lowest BCUT2D eigenvalue weighted by Gasteiger charge is -2.31. The summed E-state index contributed by atoms with van der Waals surface area (Å²) in [7, 11) is 1.58. The number of aliphatic hydroxyl groups is 2. The lowest BCUT2D eigenvalue weighted by Crippen LogP contribution is -2.34. The summed E-state index contributed by atoms with van der Waals surface area (Å²) in [6.07, 6.45) is 1.38. The molecule has 3 rings (SSSR count). The van der Waals surface area contributed by atoms with Crippen LogP contribution in [0.4, 0.5) is 0 Å². The van der Waals surface area contributed by atoms with Crippen molar-refractivity contribution < 1.29 is 20.1 Å². The van der Waals surface area contributed by atoms with Gasteiger partial charge in [-0.2, -0.15) is 9.61 Å². The number of thiazole rings is 1. The zero-order valence-corrected chi connectivity index (χ0v) is 14.6. The molecule has 25 heavy (non-hydrogen) atoms. The SMILES string of the molecule is COc1ccccc1C(c1sc2ncnn2c1O)N(CCO)CCO. The van der Waals surface area contributed by atoms with Crippen LogP contribution in [0.3, 0.4) is 0 Å². The van der Waals surface area contributed by atoms with Gasteiger partial charge in [0, 0.05) is 18.7 Å². The molecule has 1 aromatic carbocycles. The van der Waals surface area contributed by atoms with Gasteiger partial charge in [-0.1, -0.05) is 29.5 Å². The van der Waals surface area contributed by atoms with Crippen molar-refractivity contribution in [3.8, 4) is 11.6 Å². The predicted octanol–water partition coefficient (Wildman–Crippen LogP) is 0.881. The number of fused-ring (bicyclic) bond motifs is 1. The van der Waals surface area contributed by atoms with Gasteiger partial charge in [-0.05, 0) is 6.07 Å². The van der Waals surface area contributed by atoms with E-state index in [1.54, 1.807) is 7.11 Å². The molecule has 0 fully saturated rings. The molecule has 2 aromatic heterocycles. The molecule has 1 unspecified atom stereocenters. The Morgan fingerprint density at radius 2 is 1.96 bits per heavy atom. The van der Waals surface area contributed by atoms with Gasteiger partial charge in [0.25, 0.3) is 0 Å². The molecule has 134 valence electrons. The third-order valence-electron chi connectivity index (χ3n) is 3.96. The first kappa shape index (κ1) is 17.6. The molecule has 0 saturated heterocycles. The number of nitrogens with zero attached hydrogens (tertiary/aromatic N) is 4. The molecule has 0 aliphatic heterocycles. The molecular weight excluding hydrogens is 344 g/mol. The number of aliphatic hydroxyl groups excluding tert-OH is 2. The summed E-state index contributed by atoms with van der Waals surface area (Å²) in [5.74, 6) is 0.654. The number of hydrogen-bond acceptors (Lipinski definition) is 8. The highest BCUT2D eigenvalue weighted by atomic mass is 32.1. The molecule has 2 heterocycles. The Kier molecular flexibility index (Phi) is 5.49. The molecule has 0 bridgehead atoms. The van der Waals surface area contributed by atoms with Crippen molar-refractivity contribution in [2.75, 3.05) is 33.4 Å². The first-order valence-electron chi connectivity index (χ1n) is 7.81. The zero-order chi connectivity index (χ0) is 17.8. The quantitative estimate of drug-likeness (QED) is 0.545. The van der Waals surface area contributed by atoms with Gasteiger partial charge in [0.05, 0.1) is 31.2 Å². The Bertz CT molecular complexity index is 829. The summed E-state index contributed by atoms with van der Waals surface area (Å²) < 4.78 is 6.86. The topological polar surface area (TPSA) is 103 Å². The van der Waals surface area contributed by atoms with E-state index in [-0.39, 0.29) is 19.1 Å². The molecule has 0 radical (unpaired) electrons. The second-order valence-electron chi connectivity index (χ2n) is 5.37. The summed E-state index contributed by atoms with van der Waals surface area (Å²) in [6.45, 7) is 0.507. The molecule has 0 saturated carbocycles. The van der Waals surface area contributed by atoms with Crippen LogP contribution in [-0.2, 0) is 0 Å². The molecule has 3 aromatic rings. The van der Waals surface area contributed by atoms with Gasteiger partial charge in [-0.25, -0.2) is 4.98 Å². The fraction of sp³-hybridized carbons (Fsp3) is 0.375. The number of ether oxygens (including phenoxy) is 1. The number of para-hydroxylation sites is 1. The maximum atomic E-state index is 10.6. The van der Waals surface area contributed by atoms with Crippen molar-refractivity contribution in [2.45, 2.75) is 6.04 Å². The number of benzene rings is 1. The van der Waals surface area contributed by atoms with E-state index in [0.29, 0.717) is 28.7 Å². The molecular formula is C16H20N4O4S. The van der Waals surface area contributed by atoms with Crippen molar-refractivity contribution in [1.82, 2.24) is 19.5 Å². The number of aromatic hydroxyl groups is 1. The molecule has 0 aliphatic rings. The van der Waals surface area contributed by atoms with Gasteiger partial charge < -0.3 is 20.1 Å². The second kappa shape index (κ2) is 7.79. The highest BCUT2D eigenvalue weighted by Crippen LogP contribution is 2.42. The summed E-state index contributed by atoms with van der Waals surface area (Å²) in [5, 5.41) is 33.6. The third-order valence-corrected chi connectivity index (χ3v) is 5.05. The summed E-state index contributed by atoms with van der Waals surface area (Å²) in [4.78, 5) is 7.22. The molecule has 3 N–H and O–H groups in total. The smallest absolute Gasteiger partial charge is 0.230 e. The third kappa shape index (κ3) is 3.31. The number of rotatable bonds is 8. The van der Waals surface area contributed by atoms with E-state index in [9.17, 15) is 15.3 Å². The van der Waals surface area contributed by atoms with Crippen LogP contribution in [0, 0.1) is 0 Å². The van der Waals surface area contributed by atoms with Crippen LogP contribution >= 0.6 is 11.3 Å². The minimum atomic E-state index is -0.413. The highest BCUT2D eigenvalue weighted by molar-refractivity contribution is 7.17. The Hall–Kier alpha value is -2.20. The van der Waals surface area contributed by atoms with Crippen molar-refractivity contribution >= 4 is 16.3 Å². The predicted molar refractivity (Wildman–Crippen MR) is 93.1 cm³/mol. The maximum Gasteiger partial charge on any atom is 0.230 e. The molecule has 9 heteroatoms. The first-order chi connectivity index (χ1) is 12.2. The van der Waals surface area contributed by atoms with E-state index in [4.69, 9.17) is 4.74 Å². The van der Waals surface area contributed by atoms with Gasteiger partial charge >= 0.3 is 0 Å². The Morgan fingerprint density at radius 1 is 1.24 bits per heavy atom. The van der Waals surface area contributed by atoms with Crippen LogP contribution in [0.5, 0.6) is 11.6 Å². The normalized spacial score (nSPS) is 12.8. The van der Waals surface area contributed by atoms with Gasteiger partial charge in [0.1, 0.15) is 12.1 Å². The standard InChI is InChI=1S/C16H20N4O4S/c1-24-12-5-3-2-4-11(12)13(19(6-8-21)7-9-22)14-15(23)20-16(25-14)17-10-18-20/h2-5,10,13,21-23H,6-9H2,1H3. The lowest BCUT2D eigenvalue weighted by atomic mass is 10.0. The molecule has 8 nitrogen and oxygen atoms in total. The van der Waals surface area contributed by atoms with E-state index in [2.05, 4.69) is 10.1 Å². The minimum absolute atomic E-state index is 0.00529. The van der Waals surface area contributed by atoms with Gasteiger partial charge in [-0.3, -0.25) is 4.90 Å². The van der Waals surface area contributed by atoms with Crippen molar-refractivity contribution in [1.29, 1.82) is 0 Å². The molecule has 0 aliphatic carbocycles. The summed E-state index contributed by atoms with van der Waals surface area (Å²) in [6, 6.07) is 7.08. The van der Waals surface area contributed by atoms with Gasteiger partial charge in [0.15, 0.2) is 0 Å². The van der Waals surface area contributed by atoms with E-state index >= 15 is 0 Å². The average molecular weight is 364 g/mol. The average Bonchev–Trinajstić information content (AvgIpc) is 3.20. The summed E-state index contributed by atoms with van der Waals surface area (Å²) >= 11 is 1.31. The molecule has 0 amide bonds. The van der Waals surface area contributed by atoms with Crippen molar-refractivity contribution in [3.05, 3.63) is 41.0 Å². The maximum absolute atomic E-state index is 10.6. The Labute approximate surface area is 148 Å². The van der Waals surface area contributed by atoms with Crippen LogP contribution in [0.2, 0.25) is 0 Å². The number of aromatic nitrogens is 3. The van der Waals surface area contributed by atoms with E-state index < -0.39 is 6.04 Å². The number of hydrogen-bond donors (Lipinski definition) is 3. The van der Waals surface area contributed by atoms with E-state index in [0.717, 1.165) is 5.56 Å². The highest BCUT2D eigenvalue weighted by Gasteiger charge is 2.30. The van der Waals surface area contributed by atoms with E-state index in [1.165, 1.54) is 22.2 Å². The first-order valence-corrected chi connectivity index (χ1v) is 8.63. The lowest BCUT2D eigenvalue weighted by molar-refractivity contribution is 0.135. The monoisotopic (exact) mass is 364 g/mol. The Balaban J connectivity index is 2.17. The van der Waals surface area contributed by atoms with Crippen LogP contribution in [0.15, 0.2) is 30.6 Å². The zero-order valence-electron chi connectivity index (χ0n) is 13.7. The molecule has 0 spiro atoms. The van der Waals surface area contributed by atoms with Crippen LogP contribution in [0.1, 0.15) is 16.5 Å². The van der Waals surface area contributed by atoms with Crippen LogP contribution < -0.4 is 4.74 Å². The second-order valence-corrected chi connectivity index (χ2v) is 6.38. The largest absolute Gasteiger partial charge is 0.496 e. The van der Waals surface area contributed by atoms with Crippen molar-refractivity contribution in [2.24, 2.45) is 0 Å². The summed E-state index contributed by atoms with van der Waals surface area (Å²) in [5.41, 5.74) is 0.826. The van der Waals surface area contributed by atoms with E-state index in [1.807, 2.05) is 29.2 Å². The van der Waals surface area contributed by atoms with Crippen molar-refractivity contribution in [3.63, 3.8) is 0 Å². The Morgan fingerprint density at radius 3 is 2.60 bits per heavy atom. The van der Waals surface area contributed by atoms with Gasteiger partial charge in [0.2, 0.25) is 10.8 Å². The minimum Gasteiger partial charge on any atom is -0.496 e. The fourth-order valence-electron chi connectivity index (χ4n) is 2.90.